The molecule has 2 aromatic rings. The summed E-state index contributed by atoms with van der Waals surface area (Å²) in [5, 5.41) is 5.71. The number of H-pyrrole nitrogens is 1. The molecule has 4 N–H and O–H groups in total. The molecule has 0 aliphatic heterocycles. The van der Waals surface area contributed by atoms with Crippen molar-refractivity contribution in [2.45, 2.75) is 26.5 Å². The summed E-state index contributed by atoms with van der Waals surface area (Å²) in [7, 11) is 0. The van der Waals surface area contributed by atoms with Gasteiger partial charge in [0.1, 0.15) is 0 Å². The standard InChI is InChI=1S/C10H14N4O2S2/c1-5(2)16-7-8(11)14-18-9(7)12-3-6-4-17-10(15)13-6/h4-5,12H,3H2,1-2H3,(H2,11,14)(H,13,15). The zero-order chi connectivity index (χ0) is 13.1. The van der Waals surface area contributed by atoms with Gasteiger partial charge < -0.3 is 20.8 Å². The van der Waals surface area contributed by atoms with Gasteiger partial charge in [0, 0.05) is 11.1 Å². The Hall–Kier alpha value is -1.54. The van der Waals surface area contributed by atoms with Crippen molar-refractivity contribution >= 4 is 33.7 Å². The fourth-order valence-corrected chi connectivity index (χ4v) is 2.56. The highest BCUT2D eigenvalue weighted by atomic mass is 32.1. The van der Waals surface area contributed by atoms with Crippen LogP contribution in [-0.2, 0) is 6.54 Å². The maximum atomic E-state index is 11.0. The zero-order valence-electron chi connectivity index (χ0n) is 10.0. The van der Waals surface area contributed by atoms with E-state index in [1.54, 1.807) is 5.38 Å². The third-order valence-corrected chi connectivity index (χ3v) is 3.56. The fraction of sp³-hybridized carbons (Fsp3) is 0.400. The van der Waals surface area contributed by atoms with Gasteiger partial charge in [0.05, 0.1) is 12.6 Å². The summed E-state index contributed by atoms with van der Waals surface area (Å²) in [6.07, 6.45) is 0.0326. The molecule has 0 fully saturated rings. The molecular weight excluding hydrogens is 272 g/mol. The van der Waals surface area contributed by atoms with Gasteiger partial charge in [-0.05, 0) is 25.4 Å². The molecule has 0 saturated carbocycles. The maximum absolute atomic E-state index is 11.0. The molecule has 0 atom stereocenters. The number of nitrogens with two attached hydrogens (primary N) is 1. The molecule has 0 aromatic carbocycles. The van der Waals surface area contributed by atoms with Crippen molar-refractivity contribution in [1.82, 2.24) is 9.36 Å². The van der Waals surface area contributed by atoms with E-state index in [-0.39, 0.29) is 11.0 Å². The van der Waals surface area contributed by atoms with Gasteiger partial charge in [-0.2, -0.15) is 4.37 Å². The van der Waals surface area contributed by atoms with Crippen molar-refractivity contribution in [2.75, 3.05) is 11.1 Å². The highest BCUT2D eigenvalue weighted by Gasteiger charge is 2.14. The van der Waals surface area contributed by atoms with Crippen molar-refractivity contribution in [3.05, 3.63) is 20.7 Å². The van der Waals surface area contributed by atoms with Gasteiger partial charge in [0.15, 0.2) is 16.6 Å². The van der Waals surface area contributed by atoms with Crippen molar-refractivity contribution in [1.29, 1.82) is 0 Å². The number of thiazole rings is 1. The van der Waals surface area contributed by atoms with Crippen molar-refractivity contribution in [3.63, 3.8) is 0 Å². The van der Waals surface area contributed by atoms with Crippen molar-refractivity contribution in [2.24, 2.45) is 0 Å². The number of hydrogen-bond acceptors (Lipinski definition) is 7. The van der Waals surface area contributed by atoms with Crippen LogP contribution >= 0.6 is 22.9 Å². The van der Waals surface area contributed by atoms with Crippen LogP contribution in [0, 0.1) is 0 Å². The SMILES string of the molecule is CC(C)Oc1c(N)nsc1NCc1csc(=O)[nH]1. The Bertz CT molecular complexity index is 572. The van der Waals surface area contributed by atoms with E-state index >= 15 is 0 Å². The lowest BCUT2D eigenvalue weighted by molar-refractivity contribution is 0.245. The van der Waals surface area contributed by atoms with Crippen LogP contribution in [0.2, 0.25) is 0 Å². The predicted molar refractivity (Wildman–Crippen MR) is 74.6 cm³/mol. The molecule has 0 saturated heterocycles. The molecule has 0 unspecified atom stereocenters. The maximum Gasteiger partial charge on any atom is 0.304 e. The largest absolute Gasteiger partial charge is 0.484 e. The van der Waals surface area contributed by atoms with Crippen LogP contribution in [0.5, 0.6) is 5.75 Å². The minimum absolute atomic E-state index is 0.0326. The van der Waals surface area contributed by atoms with E-state index in [4.69, 9.17) is 10.5 Å². The van der Waals surface area contributed by atoms with Crippen LogP contribution in [0.25, 0.3) is 0 Å². The molecule has 0 aliphatic carbocycles. The fourth-order valence-electron chi connectivity index (χ4n) is 1.33. The summed E-state index contributed by atoms with van der Waals surface area (Å²) in [5.74, 6) is 0.961. The van der Waals surface area contributed by atoms with Gasteiger partial charge >= 0.3 is 4.87 Å². The van der Waals surface area contributed by atoms with E-state index in [9.17, 15) is 4.79 Å². The minimum atomic E-state index is -0.0609. The lowest BCUT2D eigenvalue weighted by atomic mass is 10.4. The molecule has 0 aliphatic rings. The molecule has 18 heavy (non-hydrogen) atoms. The molecule has 0 amide bonds. The van der Waals surface area contributed by atoms with Gasteiger partial charge in [-0.3, -0.25) is 4.79 Å². The van der Waals surface area contributed by atoms with Crippen LogP contribution in [0.15, 0.2) is 10.2 Å². The Balaban J connectivity index is 2.07. The van der Waals surface area contributed by atoms with E-state index in [2.05, 4.69) is 14.7 Å². The summed E-state index contributed by atoms with van der Waals surface area (Å²) >= 11 is 2.38. The molecule has 2 heterocycles. The van der Waals surface area contributed by atoms with Crippen molar-refractivity contribution < 1.29 is 4.74 Å². The first-order valence-electron chi connectivity index (χ1n) is 5.38. The number of ether oxygens (including phenoxy) is 1. The van der Waals surface area contributed by atoms with Gasteiger partial charge in [-0.25, -0.2) is 0 Å². The third kappa shape index (κ3) is 3.02. The molecule has 2 aromatic heterocycles. The topological polar surface area (TPSA) is 93.0 Å². The molecule has 2 rings (SSSR count). The molecule has 98 valence electrons. The molecular formula is C10H14N4O2S2. The average Bonchev–Trinajstić information content (AvgIpc) is 2.85. The van der Waals surface area contributed by atoms with Crippen LogP contribution < -0.4 is 20.7 Å². The second-order valence-electron chi connectivity index (χ2n) is 3.92. The lowest BCUT2D eigenvalue weighted by Gasteiger charge is -2.11. The number of anilines is 2. The van der Waals surface area contributed by atoms with E-state index in [0.29, 0.717) is 18.1 Å². The number of rotatable bonds is 5. The van der Waals surface area contributed by atoms with E-state index < -0.39 is 0 Å². The Morgan fingerprint density at radius 2 is 2.39 bits per heavy atom. The molecule has 0 spiro atoms. The van der Waals surface area contributed by atoms with Gasteiger partial charge in [-0.1, -0.05) is 11.3 Å². The van der Waals surface area contributed by atoms with Crippen LogP contribution in [0.3, 0.4) is 0 Å². The summed E-state index contributed by atoms with van der Waals surface area (Å²) in [6, 6.07) is 0. The molecule has 6 nitrogen and oxygen atoms in total. The highest BCUT2D eigenvalue weighted by Crippen LogP contribution is 2.36. The van der Waals surface area contributed by atoms with Gasteiger partial charge in [0.25, 0.3) is 0 Å². The second kappa shape index (κ2) is 5.40. The van der Waals surface area contributed by atoms with Gasteiger partial charge in [-0.15, -0.1) is 0 Å². The number of hydrogen-bond donors (Lipinski definition) is 3. The van der Waals surface area contributed by atoms with Gasteiger partial charge in [0.2, 0.25) is 0 Å². The summed E-state index contributed by atoms with van der Waals surface area (Å²) in [6.45, 7) is 4.36. The van der Waals surface area contributed by atoms with E-state index in [0.717, 1.165) is 22.0 Å². The number of nitrogen functional groups attached to an aromatic ring is 1. The summed E-state index contributed by atoms with van der Waals surface area (Å²) in [4.78, 5) is 13.7. The van der Waals surface area contributed by atoms with Crippen molar-refractivity contribution in [3.8, 4) is 5.75 Å². The summed E-state index contributed by atoms with van der Waals surface area (Å²) < 4.78 is 9.65. The Morgan fingerprint density at radius 3 is 3.00 bits per heavy atom. The summed E-state index contributed by atoms with van der Waals surface area (Å²) in [5.41, 5.74) is 6.57. The Morgan fingerprint density at radius 1 is 1.61 bits per heavy atom. The Kier molecular flexibility index (Phi) is 3.87. The van der Waals surface area contributed by atoms with E-state index in [1.165, 1.54) is 11.5 Å². The smallest absolute Gasteiger partial charge is 0.304 e. The first-order valence-corrected chi connectivity index (χ1v) is 7.04. The molecule has 8 heteroatoms. The quantitative estimate of drug-likeness (QED) is 0.780. The monoisotopic (exact) mass is 286 g/mol. The lowest BCUT2D eigenvalue weighted by Crippen LogP contribution is -2.09. The van der Waals surface area contributed by atoms with Crippen LogP contribution in [0.1, 0.15) is 19.5 Å². The van der Waals surface area contributed by atoms with E-state index in [1.807, 2.05) is 13.8 Å². The number of aromatic amines is 1. The second-order valence-corrected chi connectivity index (χ2v) is 5.54. The third-order valence-electron chi connectivity index (χ3n) is 2.04. The van der Waals surface area contributed by atoms with Crippen LogP contribution in [-0.4, -0.2) is 15.5 Å². The zero-order valence-corrected chi connectivity index (χ0v) is 11.7. The highest BCUT2D eigenvalue weighted by molar-refractivity contribution is 7.11. The number of nitrogens with one attached hydrogen (secondary N) is 2. The number of aromatic nitrogens is 2. The molecule has 0 radical (unpaired) electrons. The Labute approximate surface area is 112 Å². The minimum Gasteiger partial charge on any atom is -0.484 e. The first kappa shape index (κ1) is 12.9. The first-order chi connectivity index (χ1) is 8.56. The molecule has 0 bridgehead atoms. The normalized spacial score (nSPS) is 10.8. The number of nitrogens with zero attached hydrogens (tertiary/aromatic N) is 1. The predicted octanol–water partition coefficient (Wildman–Crippen LogP) is 1.87. The van der Waals surface area contributed by atoms with Crippen LogP contribution in [0.4, 0.5) is 10.8 Å². The average molecular weight is 286 g/mol.